The Bertz CT molecular complexity index is 730. The lowest BCUT2D eigenvalue weighted by atomic mass is 9.99. The highest BCUT2D eigenvalue weighted by molar-refractivity contribution is 5.93. The molecule has 0 aliphatic rings. The molecule has 1 rings (SSSR count). The van der Waals surface area contributed by atoms with Crippen LogP contribution < -0.4 is 10.6 Å². The monoisotopic (exact) mass is 403 g/mol. The largest absolute Gasteiger partial charge is 0.467 e. The first kappa shape index (κ1) is 23.4. The molecule has 2 atom stereocenters. The third-order valence-corrected chi connectivity index (χ3v) is 4.12. The molecule has 2 amide bonds. The molecule has 7 nitrogen and oxygen atoms in total. The third kappa shape index (κ3) is 6.52. The molecule has 0 saturated heterocycles. The van der Waals surface area contributed by atoms with Crippen LogP contribution in [0.5, 0.6) is 0 Å². The lowest BCUT2D eigenvalue weighted by Crippen LogP contribution is -2.49. The minimum Gasteiger partial charge on any atom is -0.467 e. The van der Waals surface area contributed by atoms with Gasteiger partial charge in [0.25, 0.3) is 0 Å². The Morgan fingerprint density at radius 3 is 2.29 bits per heavy atom. The van der Waals surface area contributed by atoms with Crippen LogP contribution >= 0.6 is 0 Å². The highest BCUT2D eigenvalue weighted by atomic mass is 19.2. The van der Waals surface area contributed by atoms with E-state index in [-0.39, 0.29) is 19.0 Å². The van der Waals surface area contributed by atoms with E-state index in [4.69, 9.17) is 0 Å². The smallest absolute Gasteiger partial charge is 0.328 e. The number of carbonyl (C=O) groups excluding carboxylic acids is 3. The van der Waals surface area contributed by atoms with Crippen LogP contribution in [-0.4, -0.2) is 56.0 Å². The maximum absolute atomic E-state index is 13.6. The molecule has 0 bridgehead atoms. The predicted octanol–water partition coefficient (Wildman–Crippen LogP) is 1.68. The lowest BCUT2D eigenvalue weighted by Gasteiger charge is -2.23. The molecule has 1 aromatic carbocycles. The van der Waals surface area contributed by atoms with Gasteiger partial charge in [0, 0.05) is 0 Å². The molecule has 0 fully saturated rings. The molecule has 0 aliphatic heterocycles. The van der Waals surface area contributed by atoms with Crippen molar-refractivity contribution in [3.05, 3.63) is 29.6 Å². The number of anilines is 1. The molecule has 10 heteroatoms. The van der Waals surface area contributed by atoms with Crippen molar-refractivity contribution in [1.29, 1.82) is 0 Å². The highest BCUT2D eigenvalue weighted by Gasteiger charge is 2.27. The number of amides is 2. The van der Waals surface area contributed by atoms with Gasteiger partial charge >= 0.3 is 5.97 Å². The fourth-order valence-electron chi connectivity index (χ4n) is 2.37. The summed E-state index contributed by atoms with van der Waals surface area (Å²) in [7, 11) is 2.68. The van der Waals surface area contributed by atoms with Gasteiger partial charge in [-0.05, 0) is 25.1 Å². The van der Waals surface area contributed by atoms with Crippen molar-refractivity contribution in [2.75, 3.05) is 32.6 Å². The lowest BCUT2D eigenvalue weighted by molar-refractivity contribution is -0.146. The summed E-state index contributed by atoms with van der Waals surface area (Å²) in [6.07, 6.45) is 0.637. The van der Waals surface area contributed by atoms with Gasteiger partial charge in [-0.3, -0.25) is 14.5 Å². The first-order valence-corrected chi connectivity index (χ1v) is 8.59. The van der Waals surface area contributed by atoms with Gasteiger partial charge in [-0.15, -0.1) is 0 Å². The first-order chi connectivity index (χ1) is 13.1. The van der Waals surface area contributed by atoms with Gasteiger partial charge in [0.05, 0.1) is 25.9 Å². The van der Waals surface area contributed by atoms with Gasteiger partial charge in [0.15, 0.2) is 17.5 Å². The Morgan fingerprint density at radius 2 is 1.71 bits per heavy atom. The van der Waals surface area contributed by atoms with Crippen molar-refractivity contribution in [1.82, 2.24) is 10.2 Å². The van der Waals surface area contributed by atoms with Crippen molar-refractivity contribution < 1.29 is 32.3 Å². The fraction of sp³-hybridized carbons (Fsp3) is 0.500. The molecule has 2 N–H and O–H groups in total. The highest BCUT2D eigenvalue weighted by Crippen LogP contribution is 2.19. The van der Waals surface area contributed by atoms with Gasteiger partial charge in [-0.2, -0.15) is 0 Å². The summed E-state index contributed by atoms with van der Waals surface area (Å²) >= 11 is 0. The van der Waals surface area contributed by atoms with Gasteiger partial charge < -0.3 is 15.4 Å². The standard InChI is InChI=1S/C18H24F3N3O4/c1-5-10(2)17(18(27)28-4)23-14(26)9-24(3)8-13(25)22-12-7-6-11(19)15(20)16(12)21/h6-7,10,17H,5,8-9H2,1-4H3,(H,22,25)(H,23,26)/t10-,17+/m1/s1. The van der Waals surface area contributed by atoms with E-state index >= 15 is 0 Å². The van der Waals surface area contributed by atoms with E-state index in [2.05, 4.69) is 15.4 Å². The number of halogens is 3. The first-order valence-electron chi connectivity index (χ1n) is 8.59. The second-order valence-electron chi connectivity index (χ2n) is 6.40. The second kappa shape index (κ2) is 10.6. The number of methoxy groups -OCH3 is 1. The molecule has 0 aromatic heterocycles. The Labute approximate surface area is 161 Å². The van der Waals surface area contributed by atoms with Crippen LogP contribution in [0, 0.1) is 23.4 Å². The van der Waals surface area contributed by atoms with E-state index in [0.29, 0.717) is 12.5 Å². The molecular formula is C18H24F3N3O4. The summed E-state index contributed by atoms with van der Waals surface area (Å²) in [5.74, 6) is -6.53. The molecule has 0 radical (unpaired) electrons. The number of carbonyl (C=O) groups is 3. The molecular weight excluding hydrogens is 379 g/mol. The van der Waals surface area contributed by atoms with Crippen molar-refractivity contribution in [2.24, 2.45) is 5.92 Å². The third-order valence-electron chi connectivity index (χ3n) is 4.12. The zero-order valence-electron chi connectivity index (χ0n) is 16.1. The van der Waals surface area contributed by atoms with Crippen molar-refractivity contribution >= 4 is 23.5 Å². The molecule has 1 aromatic rings. The Balaban J connectivity index is 2.62. The number of nitrogens with one attached hydrogen (secondary N) is 2. The molecule has 0 saturated carbocycles. The maximum atomic E-state index is 13.6. The van der Waals surface area contributed by atoms with Gasteiger partial charge in [-0.1, -0.05) is 20.3 Å². The maximum Gasteiger partial charge on any atom is 0.328 e. The number of hydrogen-bond donors (Lipinski definition) is 2. The zero-order valence-corrected chi connectivity index (χ0v) is 16.1. The molecule has 0 unspecified atom stereocenters. The fourth-order valence-corrected chi connectivity index (χ4v) is 2.37. The summed E-state index contributed by atoms with van der Waals surface area (Å²) < 4.78 is 44.3. The van der Waals surface area contributed by atoms with Crippen molar-refractivity contribution in [2.45, 2.75) is 26.3 Å². The average molecular weight is 403 g/mol. The van der Waals surface area contributed by atoms with E-state index in [9.17, 15) is 27.6 Å². The number of rotatable bonds is 9. The Hall–Kier alpha value is -2.62. The van der Waals surface area contributed by atoms with Crippen molar-refractivity contribution in [3.8, 4) is 0 Å². The van der Waals surface area contributed by atoms with Crippen LogP contribution in [0.4, 0.5) is 18.9 Å². The number of benzene rings is 1. The van der Waals surface area contributed by atoms with Crippen LogP contribution in [0.2, 0.25) is 0 Å². The van der Waals surface area contributed by atoms with Crippen molar-refractivity contribution in [3.63, 3.8) is 0 Å². The summed E-state index contributed by atoms with van der Waals surface area (Å²) in [5.41, 5.74) is -0.510. The molecule has 0 aliphatic carbocycles. The number of likely N-dealkylation sites (N-methyl/N-ethyl adjacent to an activating group) is 1. The summed E-state index contributed by atoms with van der Waals surface area (Å²) in [4.78, 5) is 37.2. The Kier molecular flexibility index (Phi) is 8.90. The molecule has 156 valence electrons. The van der Waals surface area contributed by atoms with Gasteiger partial charge in [-0.25, -0.2) is 18.0 Å². The minimum atomic E-state index is -1.69. The van der Waals surface area contributed by atoms with E-state index in [1.807, 2.05) is 6.92 Å². The number of ether oxygens (including phenoxy) is 1. The molecule has 28 heavy (non-hydrogen) atoms. The van der Waals surface area contributed by atoms with Crippen LogP contribution in [-0.2, 0) is 19.1 Å². The Morgan fingerprint density at radius 1 is 1.11 bits per heavy atom. The van der Waals surface area contributed by atoms with E-state index < -0.39 is 47.0 Å². The minimum absolute atomic E-state index is 0.152. The van der Waals surface area contributed by atoms with E-state index in [0.717, 1.165) is 6.07 Å². The quantitative estimate of drug-likeness (QED) is 0.484. The summed E-state index contributed by atoms with van der Waals surface area (Å²) in [5, 5.41) is 4.67. The van der Waals surface area contributed by atoms with E-state index in [1.54, 1.807) is 6.92 Å². The predicted molar refractivity (Wildman–Crippen MR) is 95.8 cm³/mol. The van der Waals surface area contributed by atoms with Crippen LogP contribution in [0.3, 0.4) is 0 Å². The SMILES string of the molecule is CC[C@@H](C)[C@H](NC(=O)CN(C)CC(=O)Nc1ccc(F)c(F)c1F)C(=O)OC. The van der Waals surface area contributed by atoms with Crippen LogP contribution in [0.15, 0.2) is 12.1 Å². The number of esters is 1. The van der Waals surface area contributed by atoms with Gasteiger partial charge in [0.2, 0.25) is 11.8 Å². The van der Waals surface area contributed by atoms with Gasteiger partial charge in [0.1, 0.15) is 6.04 Å². The average Bonchev–Trinajstić information content (AvgIpc) is 2.65. The summed E-state index contributed by atoms with van der Waals surface area (Å²) in [6.45, 7) is 3.10. The topological polar surface area (TPSA) is 87.7 Å². The molecule has 0 spiro atoms. The second-order valence-corrected chi connectivity index (χ2v) is 6.40. The molecule has 0 heterocycles. The van der Waals surface area contributed by atoms with E-state index in [1.165, 1.54) is 19.1 Å². The normalized spacial score (nSPS) is 13.0. The van der Waals surface area contributed by atoms with Crippen LogP contribution in [0.25, 0.3) is 0 Å². The zero-order chi connectivity index (χ0) is 21.4. The van der Waals surface area contributed by atoms with Crippen LogP contribution in [0.1, 0.15) is 20.3 Å². The number of nitrogens with zero attached hydrogens (tertiary/aromatic N) is 1. The number of hydrogen-bond acceptors (Lipinski definition) is 5. The summed E-state index contributed by atoms with van der Waals surface area (Å²) in [6, 6.07) is 0.763.